The fourth-order valence-electron chi connectivity index (χ4n) is 2.37. The van der Waals surface area contributed by atoms with Crippen molar-refractivity contribution < 1.29 is 13.2 Å². The first-order valence-electron chi connectivity index (χ1n) is 7.76. The molecule has 0 saturated heterocycles. The van der Waals surface area contributed by atoms with Gasteiger partial charge in [0.05, 0.1) is 20.8 Å². The maximum Gasteiger partial charge on any atom is 0.265 e. The standard InChI is InChI=1S/C17H18N2O3S3/c1-10(2)9-25(21,22)17-19-13-6-5-12(8-15(13)24-17)18-16(20)14-7-4-11(3)23-14/h4-8,10H,9H2,1-3H3,(H,18,20). The normalized spacial score (nSPS) is 12.0. The van der Waals surface area contributed by atoms with E-state index >= 15 is 0 Å². The lowest BCUT2D eigenvalue weighted by Gasteiger charge is -2.03. The number of aryl methyl sites for hydroxylation is 1. The van der Waals surface area contributed by atoms with Gasteiger partial charge < -0.3 is 5.32 Å². The number of nitrogens with one attached hydrogen (secondary N) is 1. The van der Waals surface area contributed by atoms with Crippen LogP contribution in [0.2, 0.25) is 0 Å². The van der Waals surface area contributed by atoms with Crippen LogP contribution in [-0.2, 0) is 9.84 Å². The SMILES string of the molecule is Cc1ccc(C(=O)Nc2ccc3nc(S(=O)(=O)CC(C)C)sc3c2)s1. The highest BCUT2D eigenvalue weighted by atomic mass is 32.2. The zero-order chi connectivity index (χ0) is 18.2. The van der Waals surface area contributed by atoms with Gasteiger partial charge in [-0.05, 0) is 43.2 Å². The molecule has 1 amide bonds. The zero-order valence-corrected chi connectivity index (χ0v) is 16.5. The summed E-state index contributed by atoms with van der Waals surface area (Å²) in [7, 11) is -3.38. The first kappa shape index (κ1) is 18.0. The highest BCUT2D eigenvalue weighted by Gasteiger charge is 2.21. The van der Waals surface area contributed by atoms with E-state index in [9.17, 15) is 13.2 Å². The van der Waals surface area contributed by atoms with E-state index in [4.69, 9.17) is 0 Å². The summed E-state index contributed by atoms with van der Waals surface area (Å²) < 4.78 is 25.6. The number of sulfone groups is 1. The molecule has 3 aromatic rings. The molecule has 0 fully saturated rings. The summed E-state index contributed by atoms with van der Waals surface area (Å²) in [6.45, 7) is 5.68. The van der Waals surface area contributed by atoms with Crippen LogP contribution in [0.3, 0.4) is 0 Å². The lowest BCUT2D eigenvalue weighted by Crippen LogP contribution is -2.11. The number of rotatable bonds is 5. The highest BCUT2D eigenvalue weighted by Crippen LogP contribution is 2.29. The average molecular weight is 395 g/mol. The van der Waals surface area contributed by atoms with Crippen LogP contribution >= 0.6 is 22.7 Å². The number of hydrogen-bond acceptors (Lipinski definition) is 6. The molecule has 1 aromatic carbocycles. The minimum atomic E-state index is -3.38. The molecule has 0 saturated carbocycles. The van der Waals surface area contributed by atoms with Crippen molar-refractivity contribution in [1.29, 1.82) is 0 Å². The van der Waals surface area contributed by atoms with Gasteiger partial charge in [-0.3, -0.25) is 4.79 Å². The van der Waals surface area contributed by atoms with E-state index in [1.165, 1.54) is 11.3 Å². The van der Waals surface area contributed by atoms with Gasteiger partial charge in [-0.25, -0.2) is 13.4 Å². The van der Waals surface area contributed by atoms with Crippen LogP contribution in [-0.4, -0.2) is 25.1 Å². The highest BCUT2D eigenvalue weighted by molar-refractivity contribution is 7.93. The Morgan fingerprint density at radius 2 is 1.96 bits per heavy atom. The monoisotopic (exact) mass is 394 g/mol. The number of carbonyl (C=O) groups excluding carboxylic acids is 1. The Bertz CT molecular complexity index is 1030. The second kappa shape index (κ2) is 6.86. The molecule has 0 atom stereocenters. The first-order chi connectivity index (χ1) is 11.7. The Morgan fingerprint density at radius 1 is 1.20 bits per heavy atom. The van der Waals surface area contributed by atoms with Gasteiger partial charge in [-0.1, -0.05) is 13.8 Å². The molecule has 0 bridgehead atoms. The zero-order valence-electron chi connectivity index (χ0n) is 14.1. The molecule has 2 aromatic heterocycles. The van der Waals surface area contributed by atoms with Gasteiger partial charge in [0.2, 0.25) is 14.2 Å². The molecular formula is C17H18N2O3S3. The van der Waals surface area contributed by atoms with Crippen molar-refractivity contribution in [2.45, 2.75) is 25.1 Å². The number of carbonyl (C=O) groups is 1. The van der Waals surface area contributed by atoms with Gasteiger partial charge in [0, 0.05) is 10.6 Å². The van der Waals surface area contributed by atoms with Gasteiger partial charge in [-0.15, -0.1) is 22.7 Å². The van der Waals surface area contributed by atoms with Crippen LogP contribution in [0.25, 0.3) is 10.2 Å². The number of fused-ring (bicyclic) bond motifs is 1. The van der Waals surface area contributed by atoms with Gasteiger partial charge in [-0.2, -0.15) is 0 Å². The van der Waals surface area contributed by atoms with Crippen molar-refractivity contribution in [1.82, 2.24) is 4.98 Å². The van der Waals surface area contributed by atoms with E-state index in [1.807, 2.05) is 26.8 Å². The molecule has 8 heteroatoms. The molecule has 5 nitrogen and oxygen atoms in total. The van der Waals surface area contributed by atoms with E-state index in [1.54, 1.807) is 24.3 Å². The Labute approximate surface area is 154 Å². The fourth-order valence-corrected chi connectivity index (χ4v) is 6.11. The number of benzene rings is 1. The van der Waals surface area contributed by atoms with E-state index in [-0.39, 0.29) is 21.9 Å². The molecule has 1 N–H and O–H groups in total. The lowest BCUT2D eigenvalue weighted by atomic mass is 10.3. The average Bonchev–Trinajstić information content (AvgIpc) is 3.12. The van der Waals surface area contributed by atoms with Crippen LogP contribution in [0.4, 0.5) is 5.69 Å². The second-order valence-corrected chi connectivity index (χ2v) is 10.7. The van der Waals surface area contributed by atoms with Crippen molar-refractivity contribution in [2.75, 3.05) is 11.1 Å². The molecule has 0 aliphatic rings. The summed E-state index contributed by atoms with van der Waals surface area (Å²) >= 11 is 2.57. The van der Waals surface area contributed by atoms with Crippen LogP contribution < -0.4 is 5.32 Å². The number of nitrogens with zero attached hydrogens (tertiary/aromatic N) is 1. The molecule has 3 rings (SSSR count). The Morgan fingerprint density at radius 3 is 2.60 bits per heavy atom. The van der Waals surface area contributed by atoms with E-state index < -0.39 is 9.84 Å². The molecule has 2 heterocycles. The third kappa shape index (κ3) is 4.08. The summed E-state index contributed by atoms with van der Waals surface area (Å²) in [5, 5.41) is 2.84. The Balaban J connectivity index is 1.86. The summed E-state index contributed by atoms with van der Waals surface area (Å²) in [6.07, 6.45) is 0. The van der Waals surface area contributed by atoms with Crippen LogP contribution in [0.5, 0.6) is 0 Å². The third-order valence-electron chi connectivity index (χ3n) is 3.41. The van der Waals surface area contributed by atoms with Crippen LogP contribution in [0.15, 0.2) is 34.7 Å². The largest absolute Gasteiger partial charge is 0.321 e. The first-order valence-corrected chi connectivity index (χ1v) is 11.0. The molecular weight excluding hydrogens is 376 g/mol. The van der Waals surface area contributed by atoms with Crippen molar-refractivity contribution in [2.24, 2.45) is 5.92 Å². The van der Waals surface area contributed by atoms with Gasteiger partial charge in [0.1, 0.15) is 0 Å². The van der Waals surface area contributed by atoms with Gasteiger partial charge in [0.25, 0.3) is 5.91 Å². The molecule has 0 aliphatic carbocycles. The summed E-state index contributed by atoms with van der Waals surface area (Å²) in [4.78, 5) is 18.2. The Hall–Kier alpha value is -1.77. The second-order valence-electron chi connectivity index (χ2n) is 6.20. The van der Waals surface area contributed by atoms with Gasteiger partial charge >= 0.3 is 0 Å². The van der Waals surface area contributed by atoms with Crippen molar-refractivity contribution in [3.8, 4) is 0 Å². The fraction of sp³-hybridized carbons (Fsp3) is 0.294. The van der Waals surface area contributed by atoms with Gasteiger partial charge in [0.15, 0.2) is 0 Å². The number of thiazole rings is 1. The topological polar surface area (TPSA) is 76.1 Å². The maximum atomic E-state index is 12.3. The quantitative estimate of drug-likeness (QED) is 0.698. The molecule has 0 spiro atoms. The summed E-state index contributed by atoms with van der Waals surface area (Å²) in [5.41, 5.74) is 1.25. The van der Waals surface area contributed by atoms with Crippen molar-refractivity contribution >= 4 is 54.3 Å². The van der Waals surface area contributed by atoms with E-state index in [2.05, 4.69) is 10.3 Å². The number of hydrogen-bond donors (Lipinski definition) is 1. The lowest BCUT2D eigenvalue weighted by molar-refractivity contribution is 0.103. The summed E-state index contributed by atoms with van der Waals surface area (Å²) in [5.74, 6) is -0.0514. The Kier molecular flexibility index (Phi) is 4.95. The summed E-state index contributed by atoms with van der Waals surface area (Å²) in [6, 6.07) is 8.92. The van der Waals surface area contributed by atoms with Crippen LogP contribution in [0, 0.1) is 12.8 Å². The predicted octanol–water partition coefficient (Wildman–Crippen LogP) is 4.35. The molecule has 0 aliphatic heterocycles. The number of amides is 1. The molecule has 0 unspecified atom stereocenters. The number of thiophene rings is 1. The van der Waals surface area contributed by atoms with E-state index in [0.717, 1.165) is 20.9 Å². The minimum Gasteiger partial charge on any atom is -0.321 e. The number of aromatic nitrogens is 1. The number of anilines is 1. The third-order valence-corrected chi connectivity index (χ3v) is 7.96. The molecule has 25 heavy (non-hydrogen) atoms. The maximum absolute atomic E-state index is 12.3. The van der Waals surface area contributed by atoms with Crippen LogP contribution in [0.1, 0.15) is 28.4 Å². The smallest absolute Gasteiger partial charge is 0.265 e. The van der Waals surface area contributed by atoms with E-state index in [0.29, 0.717) is 16.1 Å². The van der Waals surface area contributed by atoms with Crippen molar-refractivity contribution in [3.05, 3.63) is 40.1 Å². The molecule has 0 radical (unpaired) electrons. The van der Waals surface area contributed by atoms with Crippen molar-refractivity contribution in [3.63, 3.8) is 0 Å². The predicted molar refractivity (Wildman–Crippen MR) is 104 cm³/mol. The molecule has 132 valence electrons. The minimum absolute atomic E-state index is 0.0427.